The average molecular weight is 302 g/mol. The van der Waals surface area contributed by atoms with Crippen molar-refractivity contribution < 1.29 is 8.78 Å². The molecule has 0 bridgehead atoms. The summed E-state index contributed by atoms with van der Waals surface area (Å²) in [6.07, 6.45) is 0. The predicted octanol–water partition coefficient (Wildman–Crippen LogP) is 4.63. The van der Waals surface area contributed by atoms with E-state index < -0.39 is 17.7 Å². The third-order valence-corrected chi connectivity index (χ3v) is 3.50. The number of nitrogens with two attached hydrogens (primary N) is 1. The Morgan fingerprint density at radius 3 is 2.26 bits per heavy atom. The fourth-order valence-corrected chi connectivity index (χ4v) is 2.43. The third-order valence-electron chi connectivity index (χ3n) is 2.94. The van der Waals surface area contributed by atoms with Crippen LogP contribution in [0.25, 0.3) is 0 Å². The Balaban J connectivity index is 2.49. The third kappa shape index (κ3) is 2.89. The molecule has 2 N–H and O–H groups in total. The van der Waals surface area contributed by atoms with E-state index in [0.29, 0.717) is 10.6 Å². The van der Waals surface area contributed by atoms with E-state index in [1.165, 1.54) is 0 Å². The van der Waals surface area contributed by atoms with Crippen molar-refractivity contribution >= 4 is 23.2 Å². The van der Waals surface area contributed by atoms with Crippen LogP contribution in [0.1, 0.15) is 22.7 Å². The van der Waals surface area contributed by atoms with Crippen molar-refractivity contribution in [1.29, 1.82) is 0 Å². The van der Waals surface area contributed by atoms with E-state index in [4.69, 9.17) is 28.9 Å². The minimum atomic E-state index is -0.992. The number of aryl methyl sites for hydroxylation is 1. The second-order valence-electron chi connectivity index (χ2n) is 4.27. The van der Waals surface area contributed by atoms with E-state index in [9.17, 15) is 8.78 Å². The summed E-state index contributed by atoms with van der Waals surface area (Å²) in [4.78, 5) is 0. The highest BCUT2D eigenvalue weighted by molar-refractivity contribution is 6.31. The molecular formula is C14H11Cl2F2N. The van der Waals surface area contributed by atoms with E-state index in [1.54, 1.807) is 18.2 Å². The molecule has 2 aromatic carbocycles. The Bertz CT molecular complexity index is 629. The maximum Gasteiger partial charge on any atom is 0.160 e. The molecule has 5 heteroatoms. The summed E-state index contributed by atoms with van der Waals surface area (Å²) in [6, 6.07) is 6.51. The SMILES string of the molecule is Cc1cc(Cl)ccc1C(N)c1cc(F)c(F)cc1Cl. The van der Waals surface area contributed by atoms with Gasteiger partial charge in [0.15, 0.2) is 11.6 Å². The number of rotatable bonds is 2. The first-order chi connectivity index (χ1) is 8.90. The van der Waals surface area contributed by atoms with Gasteiger partial charge in [-0.05, 0) is 47.9 Å². The van der Waals surface area contributed by atoms with E-state index in [-0.39, 0.29) is 5.02 Å². The largest absolute Gasteiger partial charge is 0.320 e. The van der Waals surface area contributed by atoms with Crippen LogP contribution in [0.2, 0.25) is 10.0 Å². The summed E-state index contributed by atoms with van der Waals surface area (Å²) in [6.45, 7) is 1.84. The molecule has 0 radical (unpaired) electrons. The molecule has 2 aromatic rings. The summed E-state index contributed by atoms with van der Waals surface area (Å²) in [5, 5.41) is 0.686. The van der Waals surface area contributed by atoms with Gasteiger partial charge in [-0.25, -0.2) is 8.78 Å². The molecule has 0 heterocycles. The van der Waals surface area contributed by atoms with E-state index in [1.807, 2.05) is 6.92 Å². The lowest BCUT2D eigenvalue weighted by atomic mass is 9.95. The quantitative estimate of drug-likeness (QED) is 0.804. The van der Waals surface area contributed by atoms with Crippen molar-refractivity contribution in [1.82, 2.24) is 0 Å². The number of hydrogen-bond acceptors (Lipinski definition) is 1. The number of hydrogen-bond donors (Lipinski definition) is 1. The molecule has 2 rings (SSSR count). The molecule has 1 atom stereocenters. The molecule has 0 aromatic heterocycles. The Morgan fingerprint density at radius 2 is 1.63 bits per heavy atom. The first-order valence-corrected chi connectivity index (χ1v) is 6.32. The maximum atomic E-state index is 13.3. The first kappa shape index (κ1) is 14.3. The molecule has 1 unspecified atom stereocenters. The van der Waals surface area contributed by atoms with Gasteiger partial charge in [0.05, 0.1) is 6.04 Å². The van der Waals surface area contributed by atoms with Crippen molar-refractivity contribution in [2.75, 3.05) is 0 Å². The average Bonchev–Trinajstić information content (AvgIpc) is 2.33. The molecule has 0 amide bonds. The van der Waals surface area contributed by atoms with Gasteiger partial charge in [-0.2, -0.15) is 0 Å². The molecule has 0 saturated carbocycles. The van der Waals surface area contributed by atoms with Crippen molar-refractivity contribution in [3.05, 3.63) is 68.7 Å². The number of halogens is 4. The molecule has 0 aliphatic heterocycles. The summed E-state index contributed by atoms with van der Waals surface area (Å²) >= 11 is 11.8. The lowest BCUT2D eigenvalue weighted by molar-refractivity contribution is 0.506. The minimum absolute atomic E-state index is 0.0979. The smallest absolute Gasteiger partial charge is 0.160 e. The Kier molecular flexibility index (Phi) is 4.09. The highest BCUT2D eigenvalue weighted by Crippen LogP contribution is 2.30. The minimum Gasteiger partial charge on any atom is -0.320 e. The molecule has 100 valence electrons. The molecule has 0 fully saturated rings. The van der Waals surface area contributed by atoms with Crippen LogP contribution in [0.4, 0.5) is 8.78 Å². The Hall–Kier alpha value is -1.16. The maximum absolute atomic E-state index is 13.3. The van der Waals surface area contributed by atoms with Crippen LogP contribution in [0.15, 0.2) is 30.3 Å². The normalized spacial score (nSPS) is 12.5. The molecule has 0 aliphatic rings. The molecular weight excluding hydrogens is 291 g/mol. The second-order valence-corrected chi connectivity index (χ2v) is 5.11. The zero-order valence-corrected chi connectivity index (χ0v) is 11.6. The van der Waals surface area contributed by atoms with Crippen LogP contribution in [0.3, 0.4) is 0 Å². The zero-order valence-electron chi connectivity index (χ0n) is 10.1. The van der Waals surface area contributed by atoms with Crippen molar-refractivity contribution in [3.63, 3.8) is 0 Å². The highest BCUT2D eigenvalue weighted by atomic mass is 35.5. The molecule has 19 heavy (non-hydrogen) atoms. The van der Waals surface area contributed by atoms with Gasteiger partial charge in [-0.1, -0.05) is 29.3 Å². The summed E-state index contributed by atoms with van der Waals surface area (Å²) in [5.41, 5.74) is 8.03. The Labute approximate surface area is 119 Å². The van der Waals surface area contributed by atoms with Crippen LogP contribution < -0.4 is 5.73 Å². The van der Waals surface area contributed by atoms with Gasteiger partial charge in [0.1, 0.15) is 0 Å². The standard InChI is InChI=1S/C14H11Cl2F2N/c1-7-4-8(15)2-3-9(7)14(19)10-5-12(17)13(18)6-11(10)16/h2-6,14H,19H2,1H3. The van der Waals surface area contributed by atoms with Crippen LogP contribution in [0.5, 0.6) is 0 Å². The number of benzene rings is 2. The van der Waals surface area contributed by atoms with E-state index >= 15 is 0 Å². The monoisotopic (exact) mass is 301 g/mol. The molecule has 0 spiro atoms. The van der Waals surface area contributed by atoms with E-state index in [2.05, 4.69) is 0 Å². The predicted molar refractivity (Wildman–Crippen MR) is 73.6 cm³/mol. The van der Waals surface area contributed by atoms with Gasteiger partial charge in [-0.15, -0.1) is 0 Å². The fourth-order valence-electron chi connectivity index (χ4n) is 1.93. The van der Waals surface area contributed by atoms with Crippen molar-refractivity contribution in [3.8, 4) is 0 Å². The van der Waals surface area contributed by atoms with Crippen LogP contribution in [-0.2, 0) is 0 Å². The van der Waals surface area contributed by atoms with Crippen LogP contribution in [-0.4, -0.2) is 0 Å². The lowest BCUT2D eigenvalue weighted by Crippen LogP contribution is -2.14. The summed E-state index contributed by atoms with van der Waals surface area (Å²) in [7, 11) is 0. The highest BCUT2D eigenvalue weighted by Gasteiger charge is 2.17. The topological polar surface area (TPSA) is 26.0 Å². The van der Waals surface area contributed by atoms with E-state index in [0.717, 1.165) is 23.3 Å². The van der Waals surface area contributed by atoms with Gasteiger partial charge < -0.3 is 5.73 Å². The van der Waals surface area contributed by atoms with Gasteiger partial charge in [0, 0.05) is 10.0 Å². The van der Waals surface area contributed by atoms with Gasteiger partial charge >= 0.3 is 0 Å². The van der Waals surface area contributed by atoms with Crippen molar-refractivity contribution in [2.24, 2.45) is 5.73 Å². The molecule has 0 saturated heterocycles. The van der Waals surface area contributed by atoms with Crippen LogP contribution >= 0.6 is 23.2 Å². The second kappa shape index (κ2) is 5.45. The zero-order chi connectivity index (χ0) is 14.2. The summed E-state index contributed by atoms with van der Waals surface area (Å²) in [5.74, 6) is -1.96. The molecule has 1 nitrogen and oxygen atoms in total. The van der Waals surface area contributed by atoms with Gasteiger partial charge in [0.25, 0.3) is 0 Å². The lowest BCUT2D eigenvalue weighted by Gasteiger charge is -2.17. The van der Waals surface area contributed by atoms with Gasteiger partial charge in [0.2, 0.25) is 0 Å². The first-order valence-electron chi connectivity index (χ1n) is 5.56. The summed E-state index contributed by atoms with van der Waals surface area (Å²) < 4.78 is 26.3. The Morgan fingerprint density at radius 1 is 1.00 bits per heavy atom. The van der Waals surface area contributed by atoms with Crippen LogP contribution in [0, 0.1) is 18.6 Å². The fraction of sp³-hybridized carbons (Fsp3) is 0.143. The molecule has 0 aliphatic carbocycles. The van der Waals surface area contributed by atoms with Gasteiger partial charge in [-0.3, -0.25) is 0 Å². The van der Waals surface area contributed by atoms with Crippen molar-refractivity contribution in [2.45, 2.75) is 13.0 Å².